The molecule has 1 saturated carbocycles. The van der Waals surface area contributed by atoms with E-state index in [1.54, 1.807) is 38.1 Å². The van der Waals surface area contributed by atoms with Crippen molar-refractivity contribution in [1.29, 1.82) is 0 Å². The van der Waals surface area contributed by atoms with Crippen LogP contribution in [0.25, 0.3) is 0 Å². The van der Waals surface area contributed by atoms with Crippen molar-refractivity contribution in [3.8, 4) is 0 Å². The van der Waals surface area contributed by atoms with E-state index in [1.807, 2.05) is 0 Å². The van der Waals surface area contributed by atoms with E-state index in [0.717, 1.165) is 5.56 Å². The van der Waals surface area contributed by atoms with E-state index >= 15 is 0 Å². The first-order valence-electron chi connectivity index (χ1n) is 7.31. The molecule has 0 aromatic heterocycles. The van der Waals surface area contributed by atoms with Crippen molar-refractivity contribution in [2.24, 2.45) is 17.3 Å². The molecule has 2 atom stereocenters. The first kappa shape index (κ1) is 21.2. The fourth-order valence-corrected chi connectivity index (χ4v) is 3.45. The van der Waals surface area contributed by atoms with Crippen LogP contribution in [-0.4, -0.2) is 32.3 Å². The summed E-state index contributed by atoms with van der Waals surface area (Å²) in [7, 11) is -3.01. The van der Waals surface area contributed by atoms with Gasteiger partial charge in [-0.05, 0) is 29.5 Å². The molecule has 0 bridgehead atoms. The number of carbonyl (C=O) groups excluding carboxylic acids is 2. The summed E-state index contributed by atoms with van der Waals surface area (Å²) in [6.45, 7) is 3.46. The number of carbonyl (C=O) groups is 2. The minimum Gasteiger partial charge on any atom is -0.550 e. The Labute approximate surface area is 164 Å². The van der Waals surface area contributed by atoms with Gasteiger partial charge in [-0.25, -0.2) is 8.42 Å². The van der Waals surface area contributed by atoms with Crippen molar-refractivity contribution in [3.63, 3.8) is 0 Å². The molecule has 0 unspecified atom stereocenters. The van der Waals surface area contributed by atoms with Crippen molar-refractivity contribution in [2.75, 3.05) is 17.3 Å². The van der Waals surface area contributed by atoms with Crippen LogP contribution in [0.4, 0.5) is 5.69 Å². The van der Waals surface area contributed by atoms with E-state index in [9.17, 15) is 23.1 Å². The van der Waals surface area contributed by atoms with E-state index in [4.69, 9.17) is 0 Å². The van der Waals surface area contributed by atoms with Crippen LogP contribution in [0.5, 0.6) is 0 Å². The Kier molecular flexibility index (Phi) is 6.66. The SMILES string of the molecule is CC1(C)[C@H](C(=O)[O-])[C@@H]1C(=O)Nc1ccc(CCS(C)(=O)=O)cc1.[Na+]. The number of hydrogen-bond acceptors (Lipinski definition) is 5. The Morgan fingerprint density at radius 3 is 2.12 bits per heavy atom. The molecule has 126 valence electrons. The third-order valence-electron chi connectivity index (χ3n) is 4.35. The fourth-order valence-electron chi connectivity index (χ4n) is 2.84. The summed E-state index contributed by atoms with van der Waals surface area (Å²) in [4.78, 5) is 23.2. The molecule has 0 saturated heterocycles. The van der Waals surface area contributed by atoms with Crippen LogP contribution < -0.4 is 40.0 Å². The number of anilines is 1. The number of rotatable bonds is 6. The first-order chi connectivity index (χ1) is 10.5. The van der Waals surface area contributed by atoms with Crippen LogP contribution in [-0.2, 0) is 25.8 Å². The van der Waals surface area contributed by atoms with Gasteiger partial charge >= 0.3 is 29.6 Å². The van der Waals surface area contributed by atoms with Crippen molar-refractivity contribution >= 4 is 27.4 Å². The van der Waals surface area contributed by atoms with Crippen molar-refractivity contribution in [3.05, 3.63) is 29.8 Å². The Morgan fingerprint density at radius 1 is 1.17 bits per heavy atom. The predicted molar refractivity (Wildman–Crippen MR) is 84.3 cm³/mol. The maximum absolute atomic E-state index is 12.2. The fraction of sp³-hybridized carbons (Fsp3) is 0.500. The molecule has 0 radical (unpaired) electrons. The molecule has 1 aliphatic carbocycles. The van der Waals surface area contributed by atoms with Gasteiger partial charge < -0.3 is 15.2 Å². The first-order valence-corrected chi connectivity index (χ1v) is 9.37. The number of aryl methyl sites for hydroxylation is 1. The van der Waals surface area contributed by atoms with Gasteiger partial charge in [-0.1, -0.05) is 26.0 Å². The molecule has 24 heavy (non-hydrogen) atoms. The summed E-state index contributed by atoms with van der Waals surface area (Å²) in [5.74, 6) is -2.84. The number of carboxylic acids is 1. The zero-order valence-electron chi connectivity index (χ0n) is 14.3. The number of aliphatic carboxylic acids is 1. The molecule has 1 aromatic carbocycles. The standard InChI is InChI=1S/C16H21NO5S.Na/c1-16(2)12(13(16)15(19)20)14(18)17-11-6-4-10(5-7-11)8-9-23(3,21)22;/h4-7,12-13H,8-9H2,1-3H3,(H,17,18)(H,19,20);/q;+1/p-1/t12-,13+;/m1./s1. The normalized spacial score (nSPS) is 21.5. The van der Waals surface area contributed by atoms with Crippen LogP contribution in [0.3, 0.4) is 0 Å². The Hall–Kier alpha value is -0.890. The quantitative estimate of drug-likeness (QED) is 0.553. The van der Waals surface area contributed by atoms with Gasteiger partial charge in [-0.3, -0.25) is 4.79 Å². The molecular formula is C16H20NNaO5S. The van der Waals surface area contributed by atoms with E-state index in [1.165, 1.54) is 6.26 Å². The van der Waals surface area contributed by atoms with Gasteiger partial charge in [0, 0.05) is 23.8 Å². The number of nitrogens with one attached hydrogen (secondary N) is 1. The van der Waals surface area contributed by atoms with Crippen molar-refractivity contribution in [2.45, 2.75) is 20.3 Å². The van der Waals surface area contributed by atoms with E-state index in [2.05, 4.69) is 5.32 Å². The van der Waals surface area contributed by atoms with Crippen LogP contribution in [0, 0.1) is 17.3 Å². The van der Waals surface area contributed by atoms with Gasteiger partial charge in [-0.15, -0.1) is 0 Å². The second kappa shape index (κ2) is 7.56. The maximum atomic E-state index is 12.2. The minimum absolute atomic E-state index is 0. The largest absolute Gasteiger partial charge is 1.00 e. The van der Waals surface area contributed by atoms with Gasteiger partial charge in [-0.2, -0.15) is 0 Å². The number of sulfone groups is 1. The summed E-state index contributed by atoms with van der Waals surface area (Å²) >= 11 is 0. The molecule has 1 aromatic rings. The van der Waals surface area contributed by atoms with Crippen molar-refractivity contribution < 1.29 is 52.7 Å². The number of benzene rings is 1. The van der Waals surface area contributed by atoms with Gasteiger partial charge in [0.2, 0.25) is 5.91 Å². The molecule has 0 heterocycles. The van der Waals surface area contributed by atoms with Crippen LogP contribution in [0.1, 0.15) is 19.4 Å². The second-order valence-corrected chi connectivity index (χ2v) is 8.92. The molecule has 8 heteroatoms. The molecule has 0 aliphatic heterocycles. The molecule has 1 aliphatic rings. The molecule has 1 amide bonds. The van der Waals surface area contributed by atoms with Crippen LogP contribution in [0.2, 0.25) is 0 Å². The Bertz CT molecular complexity index is 727. The Morgan fingerprint density at radius 2 is 1.71 bits per heavy atom. The molecule has 0 spiro atoms. The Balaban J connectivity index is 0.00000288. The van der Waals surface area contributed by atoms with E-state index < -0.39 is 33.1 Å². The van der Waals surface area contributed by atoms with Crippen LogP contribution >= 0.6 is 0 Å². The number of hydrogen-bond donors (Lipinski definition) is 1. The smallest absolute Gasteiger partial charge is 0.550 e. The van der Waals surface area contributed by atoms with E-state index in [-0.39, 0.29) is 41.2 Å². The summed E-state index contributed by atoms with van der Waals surface area (Å²) in [6.07, 6.45) is 1.60. The number of amides is 1. The topological polar surface area (TPSA) is 103 Å². The summed E-state index contributed by atoms with van der Waals surface area (Å²) < 4.78 is 22.3. The third-order valence-corrected chi connectivity index (χ3v) is 5.29. The zero-order valence-corrected chi connectivity index (χ0v) is 17.1. The molecule has 6 nitrogen and oxygen atoms in total. The molecular weight excluding hydrogens is 341 g/mol. The van der Waals surface area contributed by atoms with Gasteiger partial charge in [0.25, 0.3) is 0 Å². The van der Waals surface area contributed by atoms with Gasteiger partial charge in [0.1, 0.15) is 9.84 Å². The van der Waals surface area contributed by atoms with E-state index in [0.29, 0.717) is 12.1 Å². The summed E-state index contributed by atoms with van der Waals surface area (Å²) in [6, 6.07) is 6.85. The second-order valence-electron chi connectivity index (χ2n) is 6.66. The third kappa shape index (κ3) is 5.05. The van der Waals surface area contributed by atoms with Crippen molar-refractivity contribution in [1.82, 2.24) is 0 Å². The average Bonchev–Trinajstić information content (AvgIpc) is 3.00. The zero-order chi connectivity index (χ0) is 17.4. The average molecular weight is 361 g/mol. The predicted octanol–water partition coefficient (Wildman–Crippen LogP) is -2.76. The van der Waals surface area contributed by atoms with Crippen LogP contribution in [0.15, 0.2) is 24.3 Å². The molecule has 1 fully saturated rings. The summed E-state index contributed by atoms with van der Waals surface area (Å²) in [5, 5.41) is 13.7. The molecule has 1 N–H and O–H groups in total. The van der Waals surface area contributed by atoms with Gasteiger partial charge in [0.05, 0.1) is 11.7 Å². The van der Waals surface area contributed by atoms with Gasteiger partial charge in [0.15, 0.2) is 0 Å². The summed E-state index contributed by atoms with van der Waals surface area (Å²) in [5.41, 5.74) is 0.809. The molecule has 2 rings (SSSR count). The monoisotopic (exact) mass is 361 g/mol. The number of carboxylic acid groups (broad SMARTS) is 1. The minimum atomic E-state index is -3.01. The maximum Gasteiger partial charge on any atom is 1.00 e.